The fourth-order valence-electron chi connectivity index (χ4n) is 2.57. The molecule has 1 atom stereocenters. The van der Waals surface area contributed by atoms with Gasteiger partial charge in [-0.1, -0.05) is 15.9 Å². The van der Waals surface area contributed by atoms with Crippen molar-refractivity contribution in [3.8, 4) is 0 Å². The molecule has 0 aliphatic heterocycles. The third-order valence-electron chi connectivity index (χ3n) is 3.51. The largest absolute Gasteiger partial charge is 0.466 e. The lowest BCUT2D eigenvalue weighted by Gasteiger charge is -2.06. The minimum atomic E-state index is -0.307. The van der Waals surface area contributed by atoms with Gasteiger partial charge in [0, 0.05) is 15.4 Å². The molecule has 3 nitrogen and oxygen atoms in total. The average molecular weight is 334 g/mol. The van der Waals surface area contributed by atoms with E-state index in [4.69, 9.17) is 14.6 Å². The van der Waals surface area contributed by atoms with Crippen LogP contribution in [-0.4, -0.2) is 0 Å². The van der Waals surface area contributed by atoms with Gasteiger partial charge in [0.2, 0.25) is 0 Å². The Kier molecular flexibility index (Phi) is 3.22. The van der Waals surface area contributed by atoms with Crippen molar-refractivity contribution in [2.24, 2.45) is 5.73 Å². The Morgan fingerprint density at radius 1 is 1.05 bits per heavy atom. The lowest BCUT2D eigenvalue weighted by Crippen LogP contribution is -2.10. The maximum absolute atomic E-state index is 6.32. The molecule has 104 valence electrons. The summed E-state index contributed by atoms with van der Waals surface area (Å²) in [5, 5.41) is 1.06. The Bertz CT molecular complexity index is 785. The first-order valence-corrected chi connectivity index (χ1v) is 7.27. The summed E-state index contributed by atoms with van der Waals surface area (Å²) in [7, 11) is 0. The molecule has 0 saturated heterocycles. The molecule has 4 heteroatoms. The van der Waals surface area contributed by atoms with E-state index in [1.54, 1.807) is 0 Å². The molecule has 2 aromatic heterocycles. The fraction of sp³-hybridized carbons (Fsp3) is 0.250. The third kappa shape index (κ3) is 2.19. The van der Waals surface area contributed by atoms with E-state index in [9.17, 15) is 0 Å². The molecule has 1 unspecified atom stereocenters. The van der Waals surface area contributed by atoms with Gasteiger partial charge >= 0.3 is 0 Å². The van der Waals surface area contributed by atoms with Gasteiger partial charge in [0.15, 0.2) is 0 Å². The zero-order valence-corrected chi connectivity index (χ0v) is 13.2. The highest BCUT2D eigenvalue weighted by Crippen LogP contribution is 2.32. The minimum absolute atomic E-state index is 0.307. The van der Waals surface area contributed by atoms with Crippen LogP contribution in [-0.2, 0) is 0 Å². The highest BCUT2D eigenvalue weighted by atomic mass is 79.9. The lowest BCUT2D eigenvalue weighted by atomic mass is 10.1. The lowest BCUT2D eigenvalue weighted by molar-refractivity contribution is 0.489. The molecule has 0 spiro atoms. The molecular weight excluding hydrogens is 318 g/mol. The Morgan fingerprint density at radius 2 is 1.80 bits per heavy atom. The molecular formula is C16H16BrNO2. The Labute approximate surface area is 125 Å². The topological polar surface area (TPSA) is 52.3 Å². The van der Waals surface area contributed by atoms with Crippen LogP contribution in [0.15, 0.2) is 37.6 Å². The highest BCUT2D eigenvalue weighted by Gasteiger charge is 2.19. The molecule has 20 heavy (non-hydrogen) atoms. The second-order valence-corrected chi connectivity index (χ2v) is 6.05. The molecule has 0 radical (unpaired) electrons. The number of fused-ring (bicyclic) bond motifs is 1. The van der Waals surface area contributed by atoms with E-state index < -0.39 is 0 Å². The second kappa shape index (κ2) is 4.79. The van der Waals surface area contributed by atoms with E-state index in [1.165, 1.54) is 0 Å². The Balaban J connectivity index is 2.10. The summed E-state index contributed by atoms with van der Waals surface area (Å²) < 4.78 is 12.5. The maximum atomic E-state index is 6.32. The first kappa shape index (κ1) is 13.5. The minimum Gasteiger partial charge on any atom is -0.466 e. The van der Waals surface area contributed by atoms with E-state index in [0.29, 0.717) is 0 Å². The van der Waals surface area contributed by atoms with Crippen LogP contribution < -0.4 is 5.73 Å². The molecule has 0 amide bonds. The summed E-state index contributed by atoms with van der Waals surface area (Å²) in [6, 6.07) is 7.73. The highest BCUT2D eigenvalue weighted by molar-refractivity contribution is 9.10. The number of aryl methyl sites for hydroxylation is 3. The molecule has 2 N–H and O–H groups in total. The van der Waals surface area contributed by atoms with Crippen molar-refractivity contribution < 1.29 is 8.83 Å². The zero-order valence-electron chi connectivity index (χ0n) is 11.7. The summed E-state index contributed by atoms with van der Waals surface area (Å²) in [4.78, 5) is 0. The van der Waals surface area contributed by atoms with Gasteiger partial charge in [-0.15, -0.1) is 0 Å². The summed E-state index contributed by atoms with van der Waals surface area (Å²) in [5.41, 5.74) is 9.26. The number of halogens is 1. The number of hydrogen-bond donors (Lipinski definition) is 1. The predicted molar refractivity (Wildman–Crippen MR) is 82.9 cm³/mol. The van der Waals surface area contributed by atoms with Crippen molar-refractivity contribution in [3.63, 3.8) is 0 Å². The van der Waals surface area contributed by atoms with Crippen LogP contribution in [0.4, 0.5) is 0 Å². The molecule has 3 aromatic rings. The van der Waals surface area contributed by atoms with Crippen LogP contribution in [0.25, 0.3) is 11.0 Å². The number of nitrogens with two attached hydrogens (primary N) is 1. The summed E-state index contributed by atoms with van der Waals surface area (Å²) in [6.07, 6.45) is 0. The van der Waals surface area contributed by atoms with Crippen LogP contribution in [0.2, 0.25) is 0 Å². The number of rotatable bonds is 2. The van der Waals surface area contributed by atoms with Crippen LogP contribution in [0.3, 0.4) is 0 Å². The van der Waals surface area contributed by atoms with Crippen molar-refractivity contribution in [3.05, 3.63) is 57.1 Å². The predicted octanol–water partition coefficient (Wildman–Crippen LogP) is 4.76. The smallest absolute Gasteiger partial charge is 0.137 e. The molecule has 1 aromatic carbocycles. The first-order chi connectivity index (χ1) is 9.45. The van der Waals surface area contributed by atoms with Crippen molar-refractivity contribution in [1.82, 2.24) is 0 Å². The van der Waals surface area contributed by atoms with Crippen molar-refractivity contribution >= 4 is 26.9 Å². The third-order valence-corrected chi connectivity index (χ3v) is 3.96. The van der Waals surface area contributed by atoms with Gasteiger partial charge in [0.1, 0.15) is 22.9 Å². The van der Waals surface area contributed by atoms with Crippen molar-refractivity contribution in [2.75, 3.05) is 0 Å². The molecule has 3 rings (SSSR count). The van der Waals surface area contributed by atoms with Crippen LogP contribution in [0, 0.1) is 20.8 Å². The Hall–Kier alpha value is -1.52. The number of benzene rings is 1. The van der Waals surface area contributed by atoms with Gasteiger partial charge in [-0.05, 0) is 50.6 Å². The van der Waals surface area contributed by atoms with Gasteiger partial charge < -0.3 is 14.6 Å². The van der Waals surface area contributed by atoms with E-state index in [0.717, 1.165) is 43.8 Å². The standard InChI is InChI=1S/C16H16BrNO2/c1-8-4-12(17)6-11-7-14(20-16(8)11)15(18)13-5-9(2)19-10(13)3/h4-7,15H,18H2,1-3H3. The molecule has 0 saturated carbocycles. The van der Waals surface area contributed by atoms with Crippen LogP contribution in [0.5, 0.6) is 0 Å². The zero-order chi connectivity index (χ0) is 14.4. The second-order valence-electron chi connectivity index (χ2n) is 5.14. The van der Waals surface area contributed by atoms with Gasteiger partial charge in [-0.2, -0.15) is 0 Å². The quantitative estimate of drug-likeness (QED) is 0.735. The van der Waals surface area contributed by atoms with Gasteiger partial charge in [-0.3, -0.25) is 0 Å². The molecule has 0 aliphatic carbocycles. The molecule has 0 bridgehead atoms. The number of hydrogen-bond acceptors (Lipinski definition) is 3. The molecule has 2 heterocycles. The summed E-state index contributed by atoms with van der Waals surface area (Å²) in [5.74, 6) is 2.46. The SMILES string of the molecule is Cc1cc(C(N)c2cc3cc(Br)cc(C)c3o2)c(C)o1. The maximum Gasteiger partial charge on any atom is 0.137 e. The first-order valence-electron chi connectivity index (χ1n) is 6.48. The van der Waals surface area contributed by atoms with Crippen LogP contribution in [0.1, 0.15) is 34.4 Å². The van der Waals surface area contributed by atoms with E-state index in [1.807, 2.05) is 45.0 Å². The van der Waals surface area contributed by atoms with Gasteiger partial charge in [0.05, 0.1) is 6.04 Å². The summed E-state index contributed by atoms with van der Waals surface area (Å²) in [6.45, 7) is 5.87. The summed E-state index contributed by atoms with van der Waals surface area (Å²) >= 11 is 3.50. The van der Waals surface area contributed by atoms with Crippen LogP contribution >= 0.6 is 15.9 Å². The monoisotopic (exact) mass is 333 g/mol. The Morgan fingerprint density at radius 3 is 2.45 bits per heavy atom. The van der Waals surface area contributed by atoms with Gasteiger partial charge in [-0.25, -0.2) is 0 Å². The normalized spacial score (nSPS) is 13.1. The van der Waals surface area contributed by atoms with E-state index in [-0.39, 0.29) is 6.04 Å². The van der Waals surface area contributed by atoms with Crippen molar-refractivity contribution in [2.45, 2.75) is 26.8 Å². The molecule has 0 fully saturated rings. The van der Waals surface area contributed by atoms with Gasteiger partial charge in [0.25, 0.3) is 0 Å². The fourth-order valence-corrected chi connectivity index (χ4v) is 3.16. The molecule has 0 aliphatic rings. The number of furan rings is 2. The van der Waals surface area contributed by atoms with Crippen molar-refractivity contribution in [1.29, 1.82) is 0 Å². The van der Waals surface area contributed by atoms with E-state index in [2.05, 4.69) is 15.9 Å². The average Bonchev–Trinajstić information content (AvgIpc) is 2.92. The van der Waals surface area contributed by atoms with E-state index >= 15 is 0 Å².